The number of hydrogen-bond acceptors (Lipinski definition) is 3. The second kappa shape index (κ2) is 5.31. The summed E-state index contributed by atoms with van der Waals surface area (Å²) < 4.78 is 0. The molecule has 1 saturated carbocycles. The number of amides is 1. The molecule has 1 aliphatic heterocycles. The molecular weight excluding hydrogens is 202 g/mol. The summed E-state index contributed by atoms with van der Waals surface area (Å²) in [5.41, 5.74) is 0. The molecule has 0 spiro atoms. The summed E-state index contributed by atoms with van der Waals surface area (Å²) in [7, 11) is 0. The number of nitrogens with zero attached hydrogens (tertiary/aromatic N) is 2. The van der Waals surface area contributed by atoms with Gasteiger partial charge in [-0.2, -0.15) is 5.26 Å². The lowest BCUT2D eigenvalue weighted by atomic mass is 10.2. The number of carbonyl (C=O) groups is 1. The van der Waals surface area contributed by atoms with E-state index in [1.165, 1.54) is 12.8 Å². The zero-order valence-electron chi connectivity index (χ0n) is 9.61. The Hall–Kier alpha value is -1.08. The third-order valence-electron chi connectivity index (χ3n) is 3.34. The van der Waals surface area contributed by atoms with Crippen LogP contribution in [0.25, 0.3) is 0 Å². The maximum atomic E-state index is 11.8. The molecule has 2 rings (SSSR count). The van der Waals surface area contributed by atoms with Crippen molar-refractivity contribution in [2.24, 2.45) is 5.92 Å². The Morgan fingerprint density at radius 1 is 1.44 bits per heavy atom. The van der Waals surface area contributed by atoms with Gasteiger partial charge in [0.05, 0.1) is 12.5 Å². The van der Waals surface area contributed by atoms with Crippen LogP contribution in [-0.4, -0.2) is 36.5 Å². The van der Waals surface area contributed by atoms with Crippen LogP contribution in [0.3, 0.4) is 0 Å². The molecule has 4 heteroatoms. The molecule has 0 aromatic carbocycles. The quantitative estimate of drug-likeness (QED) is 0.750. The minimum Gasteiger partial charge on any atom is -0.343 e. The topological polar surface area (TPSA) is 56.1 Å². The molecule has 1 unspecified atom stereocenters. The molecule has 0 aromatic heterocycles. The van der Waals surface area contributed by atoms with Gasteiger partial charge in [0, 0.05) is 13.1 Å². The van der Waals surface area contributed by atoms with Crippen LogP contribution < -0.4 is 5.32 Å². The fourth-order valence-corrected chi connectivity index (χ4v) is 2.06. The lowest BCUT2D eigenvalue weighted by Crippen LogP contribution is -2.37. The molecule has 1 amide bonds. The van der Waals surface area contributed by atoms with E-state index >= 15 is 0 Å². The average molecular weight is 221 g/mol. The summed E-state index contributed by atoms with van der Waals surface area (Å²) in [4.78, 5) is 13.7. The highest BCUT2D eigenvalue weighted by Gasteiger charge is 2.25. The van der Waals surface area contributed by atoms with Gasteiger partial charge < -0.3 is 10.2 Å². The summed E-state index contributed by atoms with van der Waals surface area (Å²) in [6.45, 7) is 2.64. The Balaban J connectivity index is 1.71. The molecule has 2 aliphatic rings. The van der Waals surface area contributed by atoms with Crippen molar-refractivity contribution in [3.05, 3.63) is 0 Å². The van der Waals surface area contributed by atoms with Crippen LogP contribution in [0.2, 0.25) is 0 Å². The van der Waals surface area contributed by atoms with Gasteiger partial charge >= 0.3 is 0 Å². The highest BCUT2D eigenvalue weighted by atomic mass is 16.2. The first kappa shape index (κ1) is 11.4. The Morgan fingerprint density at radius 3 is 2.69 bits per heavy atom. The van der Waals surface area contributed by atoms with E-state index in [4.69, 9.17) is 5.26 Å². The fraction of sp³-hybridized carbons (Fsp3) is 0.833. The maximum absolute atomic E-state index is 11.8. The highest BCUT2D eigenvalue weighted by molar-refractivity contribution is 5.77. The molecule has 1 N–H and O–H groups in total. The summed E-state index contributed by atoms with van der Waals surface area (Å²) in [6, 6.07) is 1.88. The van der Waals surface area contributed by atoms with Crippen LogP contribution in [0.5, 0.6) is 0 Å². The van der Waals surface area contributed by atoms with E-state index in [2.05, 4.69) is 11.4 Å². The van der Waals surface area contributed by atoms with E-state index in [1.54, 1.807) is 0 Å². The molecule has 1 saturated heterocycles. The van der Waals surface area contributed by atoms with E-state index < -0.39 is 0 Å². The Labute approximate surface area is 96.6 Å². The van der Waals surface area contributed by atoms with Gasteiger partial charge in [0.2, 0.25) is 5.91 Å². The maximum Gasteiger partial charge on any atom is 0.225 e. The van der Waals surface area contributed by atoms with Crippen molar-refractivity contribution >= 4 is 5.91 Å². The van der Waals surface area contributed by atoms with E-state index in [1.807, 2.05) is 4.90 Å². The molecule has 4 nitrogen and oxygen atoms in total. The Morgan fingerprint density at radius 2 is 2.12 bits per heavy atom. The largest absolute Gasteiger partial charge is 0.343 e. The predicted octanol–water partition coefficient (Wildman–Crippen LogP) is 0.891. The van der Waals surface area contributed by atoms with Gasteiger partial charge in [-0.25, -0.2) is 0 Å². The summed E-state index contributed by atoms with van der Waals surface area (Å²) >= 11 is 0. The Bertz CT molecular complexity index is 287. The van der Waals surface area contributed by atoms with Gasteiger partial charge in [0.25, 0.3) is 0 Å². The number of carbonyl (C=O) groups excluding carboxylic acids is 1. The van der Waals surface area contributed by atoms with Gasteiger partial charge in [0.1, 0.15) is 6.04 Å². The Kier molecular flexibility index (Phi) is 3.79. The second-order valence-electron chi connectivity index (χ2n) is 4.83. The number of nitriles is 1. The van der Waals surface area contributed by atoms with Gasteiger partial charge in [0.15, 0.2) is 0 Å². The third kappa shape index (κ3) is 3.21. The summed E-state index contributed by atoms with van der Waals surface area (Å²) in [6.07, 6.45) is 5.09. The number of nitrogens with one attached hydrogen (secondary N) is 1. The molecule has 1 heterocycles. The van der Waals surface area contributed by atoms with Gasteiger partial charge in [-0.1, -0.05) is 0 Å². The van der Waals surface area contributed by atoms with Crippen LogP contribution in [-0.2, 0) is 4.79 Å². The smallest absolute Gasteiger partial charge is 0.225 e. The first-order valence-electron chi connectivity index (χ1n) is 6.20. The van der Waals surface area contributed by atoms with Crippen LogP contribution in [0, 0.1) is 17.2 Å². The van der Waals surface area contributed by atoms with E-state index in [9.17, 15) is 4.79 Å². The minimum absolute atomic E-state index is 0.132. The normalized spacial score (nSPS) is 21.8. The van der Waals surface area contributed by atoms with Crippen molar-refractivity contribution in [1.29, 1.82) is 5.26 Å². The molecule has 0 aromatic rings. The molecule has 1 atom stereocenters. The second-order valence-corrected chi connectivity index (χ2v) is 4.83. The number of likely N-dealkylation sites (tertiary alicyclic amines) is 1. The summed E-state index contributed by atoms with van der Waals surface area (Å²) in [5, 5.41) is 12.1. The van der Waals surface area contributed by atoms with Crippen LogP contribution in [0.4, 0.5) is 0 Å². The van der Waals surface area contributed by atoms with Gasteiger partial charge in [-0.05, 0) is 38.1 Å². The molecule has 2 fully saturated rings. The molecule has 88 valence electrons. The van der Waals surface area contributed by atoms with Crippen molar-refractivity contribution in [3.63, 3.8) is 0 Å². The minimum atomic E-state index is -0.298. The molecule has 16 heavy (non-hydrogen) atoms. The predicted molar refractivity (Wildman–Crippen MR) is 60.6 cm³/mol. The fourth-order valence-electron chi connectivity index (χ4n) is 2.06. The van der Waals surface area contributed by atoms with Crippen molar-refractivity contribution < 1.29 is 4.79 Å². The van der Waals surface area contributed by atoms with Crippen molar-refractivity contribution in [3.8, 4) is 6.07 Å². The molecule has 0 bridgehead atoms. The summed E-state index contributed by atoms with van der Waals surface area (Å²) in [5.74, 6) is 0.880. The lowest BCUT2D eigenvalue weighted by molar-refractivity contribution is -0.130. The third-order valence-corrected chi connectivity index (χ3v) is 3.34. The van der Waals surface area contributed by atoms with Crippen LogP contribution >= 0.6 is 0 Å². The molecule has 0 radical (unpaired) electrons. The SMILES string of the molecule is N#CC(CC(=O)N1CCCC1)NCC1CC1. The zero-order valence-corrected chi connectivity index (χ0v) is 9.61. The number of hydrogen-bond donors (Lipinski definition) is 1. The van der Waals surface area contributed by atoms with E-state index in [-0.39, 0.29) is 11.9 Å². The van der Waals surface area contributed by atoms with Crippen LogP contribution in [0.1, 0.15) is 32.1 Å². The van der Waals surface area contributed by atoms with E-state index in [0.29, 0.717) is 6.42 Å². The molecule has 1 aliphatic carbocycles. The standard InChI is InChI=1S/C12H19N3O/c13-8-11(14-9-10-3-4-10)7-12(16)15-5-1-2-6-15/h10-11,14H,1-7,9H2. The molecular formula is C12H19N3O. The first-order valence-corrected chi connectivity index (χ1v) is 6.20. The van der Waals surface area contributed by atoms with Crippen LogP contribution in [0.15, 0.2) is 0 Å². The van der Waals surface area contributed by atoms with Gasteiger partial charge in [-0.3, -0.25) is 4.79 Å². The lowest BCUT2D eigenvalue weighted by Gasteiger charge is -2.17. The zero-order chi connectivity index (χ0) is 11.4. The van der Waals surface area contributed by atoms with Crippen molar-refractivity contribution in [2.75, 3.05) is 19.6 Å². The average Bonchev–Trinajstić information content (AvgIpc) is 2.95. The van der Waals surface area contributed by atoms with Crippen molar-refractivity contribution in [1.82, 2.24) is 10.2 Å². The monoisotopic (exact) mass is 221 g/mol. The first-order chi connectivity index (χ1) is 7.79. The van der Waals surface area contributed by atoms with E-state index in [0.717, 1.165) is 38.4 Å². The van der Waals surface area contributed by atoms with Crippen molar-refractivity contribution in [2.45, 2.75) is 38.1 Å². The number of rotatable bonds is 5. The highest BCUT2D eigenvalue weighted by Crippen LogP contribution is 2.27. The van der Waals surface area contributed by atoms with Gasteiger partial charge in [-0.15, -0.1) is 0 Å².